The Morgan fingerprint density at radius 2 is 1.84 bits per heavy atom. The van der Waals surface area contributed by atoms with Crippen LogP contribution in [0.25, 0.3) is 0 Å². The molecular formula is C22H20N4O6. The predicted octanol–water partition coefficient (Wildman–Crippen LogP) is 1.42. The number of anilines is 1. The molecule has 1 unspecified atom stereocenters. The van der Waals surface area contributed by atoms with Crippen molar-refractivity contribution in [2.45, 2.75) is 25.4 Å². The standard InChI is InChI=1S/C22H20N4O6/c1-32-14-7-5-13(6-8-14)24-22(31)23-11-12-3-2-4-15-18(12)21(30)26(20(15)29)16-9-10-17(27)25-19(16)28/h2-8,16H,9-11H2,1H3,(H2,23,24,31)(H,25,27,28). The molecule has 10 heteroatoms. The van der Waals surface area contributed by atoms with Crippen LogP contribution in [0.1, 0.15) is 39.1 Å². The Bertz CT molecular complexity index is 1130. The van der Waals surface area contributed by atoms with E-state index in [1.165, 1.54) is 6.07 Å². The van der Waals surface area contributed by atoms with Gasteiger partial charge >= 0.3 is 6.03 Å². The lowest BCUT2D eigenvalue weighted by Crippen LogP contribution is -2.54. The highest BCUT2D eigenvalue weighted by atomic mass is 16.5. The Balaban J connectivity index is 1.47. The molecule has 1 saturated heterocycles. The molecule has 0 bridgehead atoms. The molecule has 2 aromatic rings. The number of fused-ring (bicyclic) bond motifs is 1. The van der Waals surface area contributed by atoms with Gasteiger partial charge in [-0.3, -0.25) is 29.4 Å². The molecule has 164 valence electrons. The van der Waals surface area contributed by atoms with Gasteiger partial charge in [-0.2, -0.15) is 0 Å². The molecule has 2 aromatic carbocycles. The smallest absolute Gasteiger partial charge is 0.319 e. The Hall–Kier alpha value is -4.21. The number of ether oxygens (including phenoxy) is 1. The zero-order valence-electron chi connectivity index (χ0n) is 17.1. The van der Waals surface area contributed by atoms with Crippen LogP contribution in [0.2, 0.25) is 0 Å². The van der Waals surface area contributed by atoms with Gasteiger partial charge in [-0.1, -0.05) is 12.1 Å². The van der Waals surface area contributed by atoms with E-state index in [-0.39, 0.29) is 30.5 Å². The van der Waals surface area contributed by atoms with Crippen molar-refractivity contribution >= 4 is 35.3 Å². The molecule has 0 radical (unpaired) electrons. The average Bonchev–Trinajstić information content (AvgIpc) is 3.04. The molecule has 32 heavy (non-hydrogen) atoms. The highest BCUT2D eigenvalue weighted by Gasteiger charge is 2.45. The zero-order valence-corrected chi connectivity index (χ0v) is 17.1. The fraction of sp³-hybridized carbons (Fsp3) is 0.227. The summed E-state index contributed by atoms with van der Waals surface area (Å²) in [7, 11) is 1.54. The number of methoxy groups -OCH3 is 1. The molecule has 0 aliphatic carbocycles. The van der Waals surface area contributed by atoms with Gasteiger partial charge < -0.3 is 15.4 Å². The van der Waals surface area contributed by atoms with Gasteiger partial charge in [0, 0.05) is 18.7 Å². The van der Waals surface area contributed by atoms with Crippen LogP contribution in [-0.4, -0.2) is 47.7 Å². The van der Waals surface area contributed by atoms with Crippen molar-refractivity contribution in [2.24, 2.45) is 0 Å². The second-order valence-corrected chi connectivity index (χ2v) is 7.32. The summed E-state index contributed by atoms with van der Waals surface area (Å²) in [5, 5.41) is 7.49. The minimum Gasteiger partial charge on any atom is -0.497 e. The van der Waals surface area contributed by atoms with Crippen LogP contribution < -0.4 is 20.7 Å². The van der Waals surface area contributed by atoms with E-state index in [0.717, 1.165) is 4.90 Å². The second kappa shape index (κ2) is 8.50. The number of amides is 6. The van der Waals surface area contributed by atoms with Crippen molar-refractivity contribution in [3.63, 3.8) is 0 Å². The van der Waals surface area contributed by atoms with Gasteiger partial charge in [0.05, 0.1) is 18.2 Å². The summed E-state index contributed by atoms with van der Waals surface area (Å²) in [4.78, 5) is 62.7. The first kappa shape index (κ1) is 21.0. The number of imide groups is 2. The number of hydrogen-bond acceptors (Lipinski definition) is 6. The molecule has 10 nitrogen and oxygen atoms in total. The number of carbonyl (C=O) groups is 5. The summed E-state index contributed by atoms with van der Waals surface area (Å²) in [6, 6.07) is 9.97. The van der Waals surface area contributed by atoms with Gasteiger partial charge in [0.15, 0.2) is 0 Å². The van der Waals surface area contributed by atoms with Gasteiger partial charge in [0.25, 0.3) is 11.8 Å². The van der Waals surface area contributed by atoms with Crippen molar-refractivity contribution in [2.75, 3.05) is 12.4 Å². The van der Waals surface area contributed by atoms with Crippen LogP contribution in [0.5, 0.6) is 5.75 Å². The number of nitrogens with zero attached hydrogens (tertiary/aromatic N) is 1. The molecule has 6 amide bonds. The minimum absolute atomic E-state index is 0.00658. The molecule has 0 aromatic heterocycles. The molecule has 2 aliphatic heterocycles. The summed E-state index contributed by atoms with van der Waals surface area (Å²) in [6.07, 6.45) is 0.123. The number of hydrogen-bond donors (Lipinski definition) is 3. The maximum Gasteiger partial charge on any atom is 0.319 e. The van der Waals surface area contributed by atoms with Gasteiger partial charge in [-0.25, -0.2) is 4.79 Å². The SMILES string of the molecule is COc1ccc(NC(=O)NCc2cccc3c2C(=O)N(C2CCC(=O)NC2=O)C3=O)cc1. The molecule has 1 atom stereocenters. The van der Waals surface area contributed by atoms with Crippen molar-refractivity contribution in [1.82, 2.24) is 15.5 Å². The van der Waals surface area contributed by atoms with Crippen molar-refractivity contribution in [3.05, 3.63) is 59.2 Å². The number of carbonyl (C=O) groups excluding carboxylic acids is 5. The quantitative estimate of drug-likeness (QED) is 0.607. The summed E-state index contributed by atoms with van der Waals surface area (Å²) >= 11 is 0. The normalized spacial score (nSPS) is 17.7. The second-order valence-electron chi connectivity index (χ2n) is 7.32. The number of benzene rings is 2. The van der Waals surface area contributed by atoms with E-state index in [9.17, 15) is 24.0 Å². The summed E-state index contributed by atoms with van der Waals surface area (Å²) < 4.78 is 5.07. The average molecular weight is 436 g/mol. The van der Waals surface area contributed by atoms with E-state index in [4.69, 9.17) is 4.74 Å². The first-order chi connectivity index (χ1) is 15.4. The molecule has 0 spiro atoms. The van der Waals surface area contributed by atoms with Crippen molar-refractivity contribution in [1.29, 1.82) is 0 Å². The van der Waals surface area contributed by atoms with E-state index in [1.54, 1.807) is 43.5 Å². The van der Waals surface area contributed by atoms with E-state index in [0.29, 0.717) is 17.0 Å². The molecule has 4 rings (SSSR count). The third-order valence-electron chi connectivity index (χ3n) is 5.34. The maximum absolute atomic E-state index is 13.1. The summed E-state index contributed by atoms with van der Waals surface area (Å²) in [5.41, 5.74) is 1.30. The molecule has 2 aliphatic rings. The lowest BCUT2D eigenvalue weighted by atomic mass is 10.0. The van der Waals surface area contributed by atoms with E-state index in [1.807, 2.05) is 0 Å². The van der Waals surface area contributed by atoms with Crippen LogP contribution in [-0.2, 0) is 16.1 Å². The number of urea groups is 1. The van der Waals surface area contributed by atoms with E-state index < -0.39 is 35.7 Å². The third kappa shape index (κ3) is 3.89. The summed E-state index contributed by atoms with van der Waals surface area (Å²) in [5.74, 6) is -1.67. The molecular weight excluding hydrogens is 416 g/mol. The van der Waals surface area contributed by atoms with Gasteiger partial charge in [0.2, 0.25) is 11.8 Å². The first-order valence-corrected chi connectivity index (χ1v) is 9.91. The number of piperidine rings is 1. The van der Waals surface area contributed by atoms with Crippen LogP contribution in [0.4, 0.5) is 10.5 Å². The fourth-order valence-corrected chi connectivity index (χ4v) is 3.76. The molecule has 0 saturated carbocycles. The highest BCUT2D eigenvalue weighted by Crippen LogP contribution is 2.30. The zero-order chi connectivity index (χ0) is 22.8. The van der Waals surface area contributed by atoms with Crippen LogP contribution >= 0.6 is 0 Å². The summed E-state index contributed by atoms with van der Waals surface area (Å²) in [6.45, 7) is -0.00658. The Kier molecular flexibility index (Phi) is 5.59. The van der Waals surface area contributed by atoms with Gasteiger partial charge in [-0.15, -0.1) is 0 Å². The fourth-order valence-electron chi connectivity index (χ4n) is 3.76. The Morgan fingerprint density at radius 1 is 1.09 bits per heavy atom. The minimum atomic E-state index is -1.04. The molecule has 1 fully saturated rings. The highest BCUT2D eigenvalue weighted by molar-refractivity contribution is 6.24. The Labute approximate surface area is 182 Å². The van der Waals surface area contributed by atoms with Crippen LogP contribution in [0.15, 0.2) is 42.5 Å². The van der Waals surface area contributed by atoms with E-state index in [2.05, 4.69) is 16.0 Å². The van der Waals surface area contributed by atoms with Crippen LogP contribution in [0, 0.1) is 0 Å². The molecule has 3 N–H and O–H groups in total. The number of nitrogens with one attached hydrogen (secondary N) is 3. The lowest BCUT2D eigenvalue weighted by Gasteiger charge is -2.27. The number of rotatable bonds is 5. The largest absolute Gasteiger partial charge is 0.497 e. The maximum atomic E-state index is 13.1. The predicted molar refractivity (Wildman–Crippen MR) is 112 cm³/mol. The Morgan fingerprint density at radius 3 is 2.53 bits per heavy atom. The third-order valence-corrected chi connectivity index (χ3v) is 5.34. The molecule has 2 heterocycles. The van der Waals surface area contributed by atoms with Gasteiger partial charge in [0.1, 0.15) is 11.8 Å². The first-order valence-electron chi connectivity index (χ1n) is 9.91. The van der Waals surface area contributed by atoms with Gasteiger partial charge in [-0.05, 0) is 42.3 Å². The lowest BCUT2D eigenvalue weighted by molar-refractivity contribution is -0.136. The van der Waals surface area contributed by atoms with Crippen molar-refractivity contribution in [3.8, 4) is 5.75 Å². The van der Waals surface area contributed by atoms with E-state index >= 15 is 0 Å². The van der Waals surface area contributed by atoms with Crippen LogP contribution in [0.3, 0.4) is 0 Å². The topological polar surface area (TPSA) is 134 Å². The monoisotopic (exact) mass is 436 g/mol. The van der Waals surface area contributed by atoms with Crippen molar-refractivity contribution < 1.29 is 28.7 Å².